The number of ether oxygens (including phenoxy) is 1. The van der Waals surface area contributed by atoms with Gasteiger partial charge in [0.15, 0.2) is 5.65 Å². The first-order chi connectivity index (χ1) is 8.78. The van der Waals surface area contributed by atoms with Crippen LogP contribution in [0.3, 0.4) is 0 Å². The lowest BCUT2D eigenvalue weighted by molar-refractivity contribution is 0.415. The van der Waals surface area contributed by atoms with Crippen molar-refractivity contribution in [2.24, 2.45) is 0 Å². The normalized spacial score (nSPS) is 10.7. The van der Waals surface area contributed by atoms with Crippen LogP contribution in [0.25, 0.3) is 16.8 Å². The summed E-state index contributed by atoms with van der Waals surface area (Å²) in [6, 6.07) is 11.7. The minimum Gasteiger partial charge on any atom is -0.497 e. The van der Waals surface area contributed by atoms with Crippen LogP contribution in [0.15, 0.2) is 42.6 Å². The smallest absolute Gasteiger partial charge is 0.240 e. The Hall–Kier alpha value is -2.56. The van der Waals surface area contributed by atoms with Crippen LogP contribution < -0.4 is 10.5 Å². The Labute approximate surface area is 104 Å². The molecule has 5 heteroatoms. The standard InChI is InChI=1S/C13H12N4O/c1-18-10-6-4-9(5-7-10)11-3-2-8-17-12(11)15-13(14)16-17/h2-8H,1H3,(H2,14,16). The second-order valence-corrected chi connectivity index (χ2v) is 3.89. The Kier molecular flexibility index (Phi) is 2.37. The van der Waals surface area contributed by atoms with Crippen molar-refractivity contribution in [2.75, 3.05) is 12.8 Å². The third-order valence-electron chi connectivity index (χ3n) is 2.78. The zero-order chi connectivity index (χ0) is 12.5. The molecule has 0 fully saturated rings. The van der Waals surface area contributed by atoms with Crippen LogP contribution in [0.4, 0.5) is 5.95 Å². The van der Waals surface area contributed by atoms with Gasteiger partial charge in [0.2, 0.25) is 5.95 Å². The number of fused-ring (bicyclic) bond motifs is 1. The molecule has 0 atom stereocenters. The highest BCUT2D eigenvalue weighted by Gasteiger charge is 2.07. The number of nitrogens with zero attached hydrogens (tertiary/aromatic N) is 3. The number of nitrogens with two attached hydrogens (primary N) is 1. The van der Waals surface area contributed by atoms with E-state index in [0.29, 0.717) is 0 Å². The molecule has 2 heterocycles. The van der Waals surface area contributed by atoms with Crippen LogP contribution in [0.5, 0.6) is 5.75 Å². The van der Waals surface area contributed by atoms with Crippen molar-refractivity contribution in [3.05, 3.63) is 42.6 Å². The van der Waals surface area contributed by atoms with Crippen molar-refractivity contribution in [3.63, 3.8) is 0 Å². The van der Waals surface area contributed by atoms with E-state index in [1.807, 2.05) is 42.6 Å². The molecular formula is C13H12N4O. The minimum absolute atomic E-state index is 0.274. The lowest BCUT2D eigenvalue weighted by atomic mass is 10.1. The average Bonchev–Trinajstić information content (AvgIpc) is 2.79. The summed E-state index contributed by atoms with van der Waals surface area (Å²) < 4.78 is 6.82. The fraction of sp³-hybridized carbons (Fsp3) is 0.0769. The molecule has 18 heavy (non-hydrogen) atoms. The van der Waals surface area contributed by atoms with Crippen LogP contribution in [0.2, 0.25) is 0 Å². The molecule has 0 radical (unpaired) electrons. The molecule has 0 saturated carbocycles. The largest absolute Gasteiger partial charge is 0.497 e. The summed E-state index contributed by atoms with van der Waals surface area (Å²) in [5, 5.41) is 4.09. The van der Waals surface area contributed by atoms with E-state index in [2.05, 4.69) is 10.1 Å². The number of aromatic nitrogens is 3. The molecule has 0 bridgehead atoms. The molecule has 5 nitrogen and oxygen atoms in total. The summed E-state index contributed by atoms with van der Waals surface area (Å²) in [5.74, 6) is 1.10. The molecule has 0 unspecified atom stereocenters. The van der Waals surface area contributed by atoms with E-state index < -0.39 is 0 Å². The Morgan fingerprint density at radius 2 is 1.94 bits per heavy atom. The SMILES string of the molecule is COc1ccc(-c2cccn3nc(N)nc23)cc1. The molecule has 1 aromatic carbocycles. The predicted molar refractivity (Wildman–Crippen MR) is 69.4 cm³/mol. The van der Waals surface area contributed by atoms with E-state index in [4.69, 9.17) is 10.5 Å². The molecule has 2 aromatic heterocycles. The number of hydrogen-bond acceptors (Lipinski definition) is 4. The molecule has 0 aliphatic rings. The molecule has 0 aliphatic heterocycles. The molecule has 0 amide bonds. The van der Waals surface area contributed by atoms with Gasteiger partial charge in [0, 0.05) is 11.8 Å². The van der Waals surface area contributed by atoms with Crippen molar-refractivity contribution in [3.8, 4) is 16.9 Å². The van der Waals surface area contributed by atoms with Gasteiger partial charge in [-0.05, 0) is 29.8 Å². The average molecular weight is 240 g/mol. The maximum Gasteiger partial charge on any atom is 0.240 e. The van der Waals surface area contributed by atoms with Crippen molar-refractivity contribution in [1.82, 2.24) is 14.6 Å². The molecule has 3 aromatic rings. The number of benzene rings is 1. The highest BCUT2D eigenvalue weighted by atomic mass is 16.5. The van der Waals surface area contributed by atoms with Gasteiger partial charge >= 0.3 is 0 Å². The maximum atomic E-state index is 5.62. The first-order valence-electron chi connectivity index (χ1n) is 5.53. The molecule has 0 saturated heterocycles. The van der Waals surface area contributed by atoms with Gasteiger partial charge < -0.3 is 10.5 Å². The second kappa shape index (κ2) is 4.03. The van der Waals surface area contributed by atoms with Gasteiger partial charge in [-0.1, -0.05) is 12.1 Å². The lowest BCUT2D eigenvalue weighted by Gasteiger charge is -2.04. The van der Waals surface area contributed by atoms with Gasteiger partial charge in [0.25, 0.3) is 0 Å². The van der Waals surface area contributed by atoms with Crippen LogP contribution >= 0.6 is 0 Å². The summed E-state index contributed by atoms with van der Waals surface area (Å²) in [7, 11) is 1.65. The van der Waals surface area contributed by atoms with Crippen molar-refractivity contribution >= 4 is 11.6 Å². The van der Waals surface area contributed by atoms with E-state index in [1.165, 1.54) is 0 Å². The van der Waals surface area contributed by atoms with Gasteiger partial charge in [0.05, 0.1) is 7.11 Å². The zero-order valence-corrected chi connectivity index (χ0v) is 9.87. The monoisotopic (exact) mass is 240 g/mol. The van der Waals surface area contributed by atoms with Gasteiger partial charge in [-0.25, -0.2) is 4.52 Å². The van der Waals surface area contributed by atoms with Crippen LogP contribution in [-0.2, 0) is 0 Å². The minimum atomic E-state index is 0.274. The highest BCUT2D eigenvalue weighted by Crippen LogP contribution is 2.25. The van der Waals surface area contributed by atoms with E-state index in [1.54, 1.807) is 11.6 Å². The third-order valence-corrected chi connectivity index (χ3v) is 2.78. The van der Waals surface area contributed by atoms with Crippen molar-refractivity contribution in [1.29, 1.82) is 0 Å². The number of rotatable bonds is 2. The Morgan fingerprint density at radius 3 is 2.67 bits per heavy atom. The van der Waals surface area contributed by atoms with Crippen LogP contribution in [-0.4, -0.2) is 21.7 Å². The molecule has 0 aliphatic carbocycles. The van der Waals surface area contributed by atoms with E-state index in [-0.39, 0.29) is 5.95 Å². The molecular weight excluding hydrogens is 228 g/mol. The Morgan fingerprint density at radius 1 is 1.17 bits per heavy atom. The summed E-state index contributed by atoms with van der Waals surface area (Å²) in [6.07, 6.45) is 1.83. The summed E-state index contributed by atoms with van der Waals surface area (Å²) >= 11 is 0. The molecule has 3 rings (SSSR count). The van der Waals surface area contributed by atoms with Crippen molar-refractivity contribution in [2.45, 2.75) is 0 Å². The van der Waals surface area contributed by atoms with Gasteiger partial charge in [-0.15, -0.1) is 5.10 Å². The quantitative estimate of drug-likeness (QED) is 0.744. The van der Waals surface area contributed by atoms with E-state index >= 15 is 0 Å². The summed E-state index contributed by atoms with van der Waals surface area (Å²) in [6.45, 7) is 0. The van der Waals surface area contributed by atoms with Crippen LogP contribution in [0.1, 0.15) is 0 Å². The first kappa shape index (κ1) is 10.6. The number of nitrogen functional groups attached to an aromatic ring is 1. The number of pyridine rings is 1. The molecule has 0 spiro atoms. The Bertz CT molecular complexity index is 688. The van der Waals surface area contributed by atoms with Gasteiger partial charge in [-0.2, -0.15) is 4.98 Å². The van der Waals surface area contributed by atoms with Crippen LogP contribution in [0, 0.1) is 0 Å². The lowest BCUT2D eigenvalue weighted by Crippen LogP contribution is -1.90. The zero-order valence-electron chi connectivity index (χ0n) is 9.87. The van der Waals surface area contributed by atoms with E-state index in [9.17, 15) is 0 Å². The molecule has 2 N–H and O–H groups in total. The summed E-state index contributed by atoms with van der Waals surface area (Å²) in [5.41, 5.74) is 8.41. The second-order valence-electron chi connectivity index (χ2n) is 3.89. The fourth-order valence-corrected chi connectivity index (χ4v) is 1.92. The maximum absolute atomic E-state index is 5.62. The fourth-order valence-electron chi connectivity index (χ4n) is 1.92. The van der Waals surface area contributed by atoms with Crippen molar-refractivity contribution < 1.29 is 4.74 Å². The predicted octanol–water partition coefficient (Wildman–Crippen LogP) is 1.99. The topological polar surface area (TPSA) is 65.4 Å². The molecule has 90 valence electrons. The number of hydrogen-bond donors (Lipinski definition) is 1. The van der Waals surface area contributed by atoms with Gasteiger partial charge in [-0.3, -0.25) is 0 Å². The third kappa shape index (κ3) is 1.66. The Balaban J connectivity index is 2.17. The number of methoxy groups -OCH3 is 1. The summed E-state index contributed by atoms with van der Waals surface area (Å²) in [4.78, 5) is 4.23. The van der Waals surface area contributed by atoms with E-state index in [0.717, 1.165) is 22.5 Å². The van der Waals surface area contributed by atoms with Gasteiger partial charge in [0.1, 0.15) is 5.75 Å². The highest BCUT2D eigenvalue weighted by molar-refractivity contribution is 5.77. The number of anilines is 1. The first-order valence-corrected chi connectivity index (χ1v) is 5.53.